The molecule has 0 aromatic heterocycles. The van der Waals surface area contributed by atoms with Crippen LogP contribution in [-0.4, -0.2) is 16.2 Å². The highest BCUT2D eigenvalue weighted by atomic mass is 16.3. The third-order valence-corrected chi connectivity index (χ3v) is 4.01. The van der Waals surface area contributed by atoms with E-state index in [4.69, 9.17) is 5.73 Å². The summed E-state index contributed by atoms with van der Waals surface area (Å²) in [5.74, 6) is 1.19. The second-order valence-electron chi connectivity index (χ2n) is 6.05. The van der Waals surface area contributed by atoms with Crippen molar-refractivity contribution < 1.29 is 5.11 Å². The standard InChI is InChI=1S/C13H27NO/c1-5-6-12(4,14)13(15)8-10(2)7-11(3)9-13/h10-11,15H,5-9,14H2,1-4H3. The number of rotatable bonds is 3. The maximum atomic E-state index is 10.7. The summed E-state index contributed by atoms with van der Waals surface area (Å²) in [6.07, 6.45) is 4.90. The second-order valence-corrected chi connectivity index (χ2v) is 6.05. The molecule has 0 bridgehead atoms. The molecule has 1 fully saturated rings. The van der Waals surface area contributed by atoms with Gasteiger partial charge in [-0.25, -0.2) is 0 Å². The van der Waals surface area contributed by atoms with Crippen LogP contribution < -0.4 is 5.73 Å². The molecule has 2 heteroatoms. The molecule has 1 saturated carbocycles. The van der Waals surface area contributed by atoms with Gasteiger partial charge in [-0.1, -0.05) is 27.2 Å². The number of hydrogen-bond acceptors (Lipinski definition) is 2. The summed E-state index contributed by atoms with van der Waals surface area (Å²) < 4.78 is 0. The van der Waals surface area contributed by atoms with E-state index in [-0.39, 0.29) is 0 Å². The summed E-state index contributed by atoms with van der Waals surface area (Å²) in [4.78, 5) is 0. The normalized spacial score (nSPS) is 41.2. The van der Waals surface area contributed by atoms with Gasteiger partial charge in [0.1, 0.15) is 0 Å². The topological polar surface area (TPSA) is 46.2 Å². The van der Waals surface area contributed by atoms with Crippen molar-refractivity contribution in [2.24, 2.45) is 17.6 Å². The Balaban J connectivity index is 2.79. The van der Waals surface area contributed by atoms with Gasteiger partial charge in [0.15, 0.2) is 0 Å². The SMILES string of the molecule is CCCC(C)(N)C1(O)CC(C)CC(C)C1. The van der Waals surface area contributed by atoms with Crippen LogP contribution in [0.2, 0.25) is 0 Å². The Hall–Kier alpha value is -0.0800. The van der Waals surface area contributed by atoms with Gasteiger partial charge in [0.2, 0.25) is 0 Å². The maximum Gasteiger partial charge on any atom is 0.0828 e. The van der Waals surface area contributed by atoms with Crippen LogP contribution >= 0.6 is 0 Å². The third kappa shape index (κ3) is 2.73. The molecule has 0 heterocycles. The average Bonchev–Trinajstić information content (AvgIpc) is 2.00. The predicted molar refractivity (Wildman–Crippen MR) is 64.6 cm³/mol. The first kappa shape index (κ1) is 13.0. The highest BCUT2D eigenvalue weighted by Gasteiger charge is 2.47. The minimum absolute atomic E-state index is 0.426. The lowest BCUT2D eigenvalue weighted by Crippen LogP contribution is -2.61. The average molecular weight is 213 g/mol. The Bertz CT molecular complexity index is 203. The monoisotopic (exact) mass is 213 g/mol. The van der Waals surface area contributed by atoms with Gasteiger partial charge >= 0.3 is 0 Å². The molecule has 3 atom stereocenters. The van der Waals surface area contributed by atoms with Crippen LogP contribution in [0.1, 0.15) is 59.8 Å². The molecule has 15 heavy (non-hydrogen) atoms. The lowest BCUT2D eigenvalue weighted by atomic mass is 9.64. The zero-order chi connectivity index (χ0) is 11.7. The van der Waals surface area contributed by atoms with Crippen LogP contribution in [0.15, 0.2) is 0 Å². The molecule has 90 valence electrons. The summed E-state index contributed by atoms with van der Waals surface area (Å²) in [7, 11) is 0. The van der Waals surface area contributed by atoms with E-state index in [2.05, 4.69) is 20.8 Å². The largest absolute Gasteiger partial charge is 0.388 e. The van der Waals surface area contributed by atoms with Gasteiger partial charge in [0, 0.05) is 5.54 Å². The van der Waals surface area contributed by atoms with Gasteiger partial charge in [0.05, 0.1) is 5.60 Å². The minimum Gasteiger partial charge on any atom is -0.388 e. The Kier molecular flexibility index (Phi) is 3.83. The molecular formula is C13H27NO. The molecule has 1 aliphatic rings. The van der Waals surface area contributed by atoms with Gasteiger partial charge in [-0.2, -0.15) is 0 Å². The fraction of sp³-hybridized carbons (Fsp3) is 1.00. The number of aliphatic hydroxyl groups is 1. The molecular weight excluding hydrogens is 186 g/mol. The lowest BCUT2D eigenvalue weighted by molar-refractivity contribution is -0.0877. The molecule has 0 radical (unpaired) electrons. The first-order valence-corrected chi connectivity index (χ1v) is 6.32. The zero-order valence-corrected chi connectivity index (χ0v) is 10.7. The quantitative estimate of drug-likeness (QED) is 0.757. The van der Waals surface area contributed by atoms with E-state index >= 15 is 0 Å². The second kappa shape index (κ2) is 4.42. The highest BCUT2D eigenvalue weighted by molar-refractivity contribution is 5.03. The van der Waals surface area contributed by atoms with Gasteiger partial charge in [-0.3, -0.25) is 0 Å². The smallest absolute Gasteiger partial charge is 0.0828 e. The van der Waals surface area contributed by atoms with Crippen LogP contribution in [0.25, 0.3) is 0 Å². The summed E-state index contributed by atoms with van der Waals surface area (Å²) in [6.45, 7) is 8.59. The van der Waals surface area contributed by atoms with Crippen LogP contribution in [0.3, 0.4) is 0 Å². The van der Waals surface area contributed by atoms with Crippen molar-refractivity contribution in [2.75, 3.05) is 0 Å². The fourth-order valence-electron chi connectivity index (χ4n) is 3.31. The van der Waals surface area contributed by atoms with E-state index in [0.717, 1.165) is 25.7 Å². The van der Waals surface area contributed by atoms with Crippen LogP contribution in [0.5, 0.6) is 0 Å². The van der Waals surface area contributed by atoms with E-state index in [0.29, 0.717) is 11.8 Å². The lowest BCUT2D eigenvalue weighted by Gasteiger charge is -2.48. The first-order valence-electron chi connectivity index (χ1n) is 6.32. The van der Waals surface area contributed by atoms with E-state index in [1.165, 1.54) is 6.42 Å². The van der Waals surface area contributed by atoms with Gasteiger partial charge in [0.25, 0.3) is 0 Å². The van der Waals surface area contributed by atoms with Gasteiger partial charge < -0.3 is 10.8 Å². The predicted octanol–water partition coefficient (Wildman–Crippen LogP) is 2.69. The van der Waals surface area contributed by atoms with Crippen molar-refractivity contribution >= 4 is 0 Å². The summed E-state index contributed by atoms with van der Waals surface area (Å²) >= 11 is 0. The van der Waals surface area contributed by atoms with Crippen LogP contribution in [0, 0.1) is 11.8 Å². The molecule has 3 unspecified atom stereocenters. The Morgan fingerprint density at radius 3 is 2.20 bits per heavy atom. The Morgan fingerprint density at radius 1 is 1.33 bits per heavy atom. The molecule has 0 saturated heterocycles. The van der Waals surface area contributed by atoms with Crippen molar-refractivity contribution in [1.29, 1.82) is 0 Å². The van der Waals surface area contributed by atoms with Crippen molar-refractivity contribution in [1.82, 2.24) is 0 Å². The molecule has 0 aliphatic heterocycles. The summed E-state index contributed by atoms with van der Waals surface area (Å²) in [5.41, 5.74) is 5.23. The molecule has 2 nitrogen and oxygen atoms in total. The third-order valence-electron chi connectivity index (χ3n) is 4.01. The molecule has 0 aromatic rings. The van der Waals surface area contributed by atoms with E-state index < -0.39 is 11.1 Å². The fourth-order valence-corrected chi connectivity index (χ4v) is 3.31. The first-order chi connectivity index (χ1) is 6.81. The summed E-state index contributed by atoms with van der Waals surface area (Å²) in [6, 6.07) is 0. The molecule has 1 rings (SSSR count). The molecule has 0 amide bonds. The molecule has 3 N–H and O–H groups in total. The maximum absolute atomic E-state index is 10.7. The molecule has 0 spiro atoms. The van der Waals surface area contributed by atoms with Crippen LogP contribution in [0.4, 0.5) is 0 Å². The van der Waals surface area contributed by atoms with Gasteiger partial charge in [-0.05, 0) is 44.4 Å². The van der Waals surface area contributed by atoms with Crippen molar-refractivity contribution in [3.63, 3.8) is 0 Å². The molecule has 0 aromatic carbocycles. The van der Waals surface area contributed by atoms with Crippen molar-refractivity contribution in [3.8, 4) is 0 Å². The Morgan fingerprint density at radius 2 is 1.80 bits per heavy atom. The Labute approximate surface area is 94.2 Å². The highest BCUT2D eigenvalue weighted by Crippen LogP contribution is 2.42. The van der Waals surface area contributed by atoms with E-state index in [1.54, 1.807) is 0 Å². The minimum atomic E-state index is -0.653. The number of nitrogens with two attached hydrogens (primary N) is 1. The van der Waals surface area contributed by atoms with Crippen molar-refractivity contribution in [2.45, 2.75) is 70.9 Å². The zero-order valence-electron chi connectivity index (χ0n) is 10.7. The van der Waals surface area contributed by atoms with Crippen LogP contribution in [-0.2, 0) is 0 Å². The van der Waals surface area contributed by atoms with Crippen molar-refractivity contribution in [3.05, 3.63) is 0 Å². The molecule has 1 aliphatic carbocycles. The number of hydrogen-bond donors (Lipinski definition) is 2. The van der Waals surface area contributed by atoms with E-state index in [1.807, 2.05) is 6.92 Å². The van der Waals surface area contributed by atoms with E-state index in [9.17, 15) is 5.11 Å². The summed E-state index contributed by atoms with van der Waals surface area (Å²) in [5, 5.41) is 10.7. The van der Waals surface area contributed by atoms with Gasteiger partial charge in [-0.15, -0.1) is 0 Å².